The predicted molar refractivity (Wildman–Crippen MR) is 116 cm³/mol. The predicted octanol–water partition coefficient (Wildman–Crippen LogP) is 4.41. The van der Waals surface area contributed by atoms with Crippen molar-refractivity contribution in [3.8, 4) is 0 Å². The highest BCUT2D eigenvalue weighted by Crippen LogP contribution is 2.17. The Bertz CT molecular complexity index is 853. The minimum atomic E-state index is -0.294. The van der Waals surface area contributed by atoms with Gasteiger partial charge in [-0.1, -0.05) is 28.9 Å². The van der Waals surface area contributed by atoms with Crippen LogP contribution in [0.5, 0.6) is 0 Å². The monoisotopic (exact) mass is 447 g/mol. The van der Waals surface area contributed by atoms with Crippen molar-refractivity contribution >= 4 is 50.8 Å². The Morgan fingerprint density at radius 2 is 1.70 bits per heavy atom. The summed E-state index contributed by atoms with van der Waals surface area (Å²) in [6.45, 7) is 5.93. The summed E-state index contributed by atoms with van der Waals surface area (Å²) in [5.74, 6) is -0.408. The Morgan fingerprint density at radius 3 is 2.30 bits per heavy atom. The van der Waals surface area contributed by atoms with Crippen LogP contribution in [0.25, 0.3) is 0 Å². The van der Waals surface area contributed by atoms with Gasteiger partial charge in [-0.2, -0.15) is 0 Å². The molecule has 142 valence electrons. The first-order valence-electron chi connectivity index (χ1n) is 8.59. The van der Waals surface area contributed by atoms with Gasteiger partial charge in [0.25, 0.3) is 11.8 Å². The average Bonchev–Trinajstić information content (AvgIpc) is 2.64. The van der Waals surface area contributed by atoms with Crippen molar-refractivity contribution in [3.63, 3.8) is 0 Å². The highest BCUT2D eigenvalue weighted by Gasteiger charge is 2.11. The van der Waals surface area contributed by atoms with E-state index in [0.29, 0.717) is 16.8 Å². The number of benzene rings is 2. The molecule has 2 aromatic rings. The summed E-state index contributed by atoms with van der Waals surface area (Å²) >= 11 is 8.60. The van der Waals surface area contributed by atoms with Gasteiger partial charge in [-0.3, -0.25) is 14.9 Å². The summed E-state index contributed by atoms with van der Waals surface area (Å²) < 4.78 is 0.861. The number of rotatable bonds is 5. The highest BCUT2D eigenvalue weighted by atomic mass is 79.9. The summed E-state index contributed by atoms with van der Waals surface area (Å²) in [7, 11) is 0. The van der Waals surface area contributed by atoms with Crippen LogP contribution in [-0.4, -0.2) is 23.0 Å². The van der Waals surface area contributed by atoms with E-state index < -0.39 is 0 Å². The van der Waals surface area contributed by atoms with Crippen molar-refractivity contribution < 1.29 is 9.59 Å². The summed E-state index contributed by atoms with van der Waals surface area (Å²) in [6.07, 6.45) is 0.872. The quantitative estimate of drug-likeness (QED) is 0.593. The maximum absolute atomic E-state index is 12.3. The van der Waals surface area contributed by atoms with Crippen LogP contribution < -0.4 is 16.0 Å². The Labute approximate surface area is 173 Å². The number of halogens is 1. The Balaban J connectivity index is 1.94. The number of thiocarbonyl (C=S) groups is 1. The van der Waals surface area contributed by atoms with Crippen LogP contribution in [0.1, 0.15) is 46.5 Å². The SMILES string of the molecule is CCC(C)NC(=O)c1ccc(NC(=S)NC(=O)c2ccc(C)c(Br)c2)cc1. The van der Waals surface area contributed by atoms with E-state index in [1.54, 1.807) is 36.4 Å². The Kier molecular flexibility index (Phi) is 7.50. The smallest absolute Gasteiger partial charge is 0.257 e. The molecule has 2 amide bonds. The van der Waals surface area contributed by atoms with E-state index in [1.165, 1.54) is 0 Å². The molecule has 0 bridgehead atoms. The van der Waals surface area contributed by atoms with Gasteiger partial charge in [-0.25, -0.2) is 0 Å². The minimum absolute atomic E-state index is 0.114. The maximum atomic E-state index is 12.3. The van der Waals surface area contributed by atoms with Gasteiger partial charge in [0, 0.05) is 27.3 Å². The lowest BCUT2D eigenvalue weighted by molar-refractivity contribution is 0.0937. The van der Waals surface area contributed by atoms with E-state index in [-0.39, 0.29) is 23.0 Å². The second-order valence-corrected chi connectivity index (χ2v) is 7.49. The first-order chi connectivity index (χ1) is 12.8. The van der Waals surface area contributed by atoms with Crippen molar-refractivity contribution in [3.05, 3.63) is 63.6 Å². The molecule has 2 rings (SSSR count). The van der Waals surface area contributed by atoms with E-state index >= 15 is 0 Å². The van der Waals surface area contributed by atoms with Gasteiger partial charge < -0.3 is 10.6 Å². The van der Waals surface area contributed by atoms with Crippen LogP contribution in [0, 0.1) is 6.92 Å². The summed E-state index contributed by atoms with van der Waals surface area (Å²) in [5, 5.41) is 8.69. The third-order valence-corrected chi connectivity index (χ3v) is 5.11. The van der Waals surface area contributed by atoms with E-state index in [4.69, 9.17) is 12.2 Å². The number of nitrogens with one attached hydrogen (secondary N) is 3. The first kappa shape index (κ1) is 21.1. The van der Waals surface area contributed by atoms with Crippen LogP contribution in [0.2, 0.25) is 0 Å². The third-order valence-electron chi connectivity index (χ3n) is 4.06. The molecule has 0 spiro atoms. The Morgan fingerprint density at radius 1 is 1.07 bits per heavy atom. The first-order valence-corrected chi connectivity index (χ1v) is 9.79. The molecular weight excluding hydrogens is 426 g/mol. The van der Waals surface area contributed by atoms with Gasteiger partial charge in [0.15, 0.2) is 5.11 Å². The largest absolute Gasteiger partial charge is 0.350 e. The van der Waals surface area contributed by atoms with Crippen LogP contribution >= 0.6 is 28.1 Å². The van der Waals surface area contributed by atoms with Crippen molar-refractivity contribution in [2.75, 3.05) is 5.32 Å². The third kappa shape index (κ3) is 6.15. The molecule has 0 heterocycles. The van der Waals surface area contributed by atoms with Gasteiger partial charge in [0.1, 0.15) is 0 Å². The molecule has 1 atom stereocenters. The molecular formula is C20H22BrN3O2S. The zero-order valence-corrected chi connectivity index (χ0v) is 17.8. The zero-order valence-electron chi connectivity index (χ0n) is 15.4. The molecule has 0 fully saturated rings. The lowest BCUT2D eigenvalue weighted by Gasteiger charge is -2.12. The fourth-order valence-corrected chi connectivity index (χ4v) is 2.78. The lowest BCUT2D eigenvalue weighted by atomic mass is 10.1. The molecule has 0 radical (unpaired) electrons. The number of aryl methyl sites for hydroxylation is 1. The minimum Gasteiger partial charge on any atom is -0.350 e. The van der Waals surface area contributed by atoms with E-state index in [1.807, 2.05) is 26.8 Å². The normalized spacial score (nSPS) is 11.4. The summed E-state index contributed by atoms with van der Waals surface area (Å²) in [4.78, 5) is 24.4. The molecule has 0 aromatic heterocycles. The van der Waals surface area contributed by atoms with Gasteiger partial charge in [0.05, 0.1) is 0 Å². The molecule has 0 saturated heterocycles. The molecule has 0 aliphatic heterocycles. The topological polar surface area (TPSA) is 70.2 Å². The summed E-state index contributed by atoms with van der Waals surface area (Å²) in [5.41, 5.74) is 2.81. The molecule has 27 heavy (non-hydrogen) atoms. The number of carbonyl (C=O) groups excluding carboxylic acids is 2. The van der Waals surface area contributed by atoms with Crippen molar-refractivity contribution in [1.82, 2.24) is 10.6 Å². The number of anilines is 1. The number of hydrogen-bond acceptors (Lipinski definition) is 3. The van der Waals surface area contributed by atoms with Crippen LogP contribution in [0.15, 0.2) is 46.9 Å². The van der Waals surface area contributed by atoms with Crippen LogP contribution in [0.4, 0.5) is 5.69 Å². The highest BCUT2D eigenvalue weighted by molar-refractivity contribution is 9.10. The summed E-state index contributed by atoms with van der Waals surface area (Å²) in [6, 6.07) is 12.4. The van der Waals surface area contributed by atoms with Crippen molar-refractivity contribution in [1.29, 1.82) is 0 Å². The standard InChI is InChI=1S/C20H22BrN3O2S/c1-4-13(3)22-18(25)14-7-9-16(10-8-14)23-20(27)24-19(26)15-6-5-12(2)17(21)11-15/h5-11,13H,4H2,1-3H3,(H,22,25)(H2,23,24,26,27). The number of carbonyl (C=O) groups is 2. The Hall–Kier alpha value is -2.25. The number of hydrogen-bond donors (Lipinski definition) is 3. The van der Waals surface area contributed by atoms with Crippen LogP contribution in [-0.2, 0) is 0 Å². The number of amides is 2. The van der Waals surface area contributed by atoms with E-state index in [0.717, 1.165) is 16.5 Å². The fourth-order valence-electron chi connectivity index (χ4n) is 2.19. The lowest BCUT2D eigenvalue weighted by Crippen LogP contribution is -2.34. The van der Waals surface area contributed by atoms with Gasteiger partial charge in [0.2, 0.25) is 0 Å². The van der Waals surface area contributed by atoms with Gasteiger partial charge in [-0.15, -0.1) is 0 Å². The van der Waals surface area contributed by atoms with E-state index in [9.17, 15) is 9.59 Å². The van der Waals surface area contributed by atoms with E-state index in [2.05, 4.69) is 31.9 Å². The molecule has 5 nitrogen and oxygen atoms in total. The average molecular weight is 448 g/mol. The molecule has 3 N–H and O–H groups in total. The second kappa shape index (κ2) is 9.62. The molecule has 0 aliphatic rings. The maximum Gasteiger partial charge on any atom is 0.257 e. The van der Waals surface area contributed by atoms with Gasteiger partial charge >= 0.3 is 0 Å². The van der Waals surface area contributed by atoms with Crippen molar-refractivity contribution in [2.45, 2.75) is 33.2 Å². The molecule has 2 aromatic carbocycles. The molecule has 0 saturated carbocycles. The van der Waals surface area contributed by atoms with Crippen LogP contribution in [0.3, 0.4) is 0 Å². The van der Waals surface area contributed by atoms with Gasteiger partial charge in [-0.05, 0) is 74.4 Å². The second-order valence-electron chi connectivity index (χ2n) is 6.23. The molecule has 1 unspecified atom stereocenters. The van der Waals surface area contributed by atoms with Crippen molar-refractivity contribution in [2.24, 2.45) is 0 Å². The molecule has 7 heteroatoms. The zero-order chi connectivity index (χ0) is 20.0. The fraction of sp³-hybridized carbons (Fsp3) is 0.250. The molecule has 0 aliphatic carbocycles.